The molecule has 1 atom stereocenters. The molecular formula is C21H22ClNO. The van der Waals surface area contributed by atoms with Crippen molar-refractivity contribution in [2.45, 2.75) is 12.5 Å². The van der Waals surface area contributed by atoms with E-state index in [1.165, 1.54) is 10.9 Å². The van der Waals surface area contributed by atoms with E-state index in [4.69, 9.17) is 16.3 Å². The molecule has 3 heteroatoms. The van der Waals surface area contributed by atoms with Crippen LogP contribution in [-0.4, -0.2) is 25.6 Å². The molecule has 0 heterocycles. The molecule has 3 aromatic rings. The van der Waals surface area contributed by atoms with Crippen molar-refractivity contribution in [3.05, 3.63) is 77.3 Å². The van der Waals surface area contributed by atoms with Crippen LogP contribution in [0.15, 0.2) is 66.7 Å². The topological polar surface area (TPSA) is 12.5 Å². The Hall–Kier alpha value is -2.03. The minimum absolute atomic E-state index is 0.303. The lowest BCUT2D eigenvalue weighted by Crippen LogP contribution is -2.22. The normalized spacial score (nSPS) is 12.5. The van der Waals surface area contributed by atoms with Crippen LogP contribution >= 0.6 is 11.6 Å². The van der Waals surface area contributed by atoms with E-state index < -0.39 is 0 Å². The highest BCUT2D eigenvalue weighted by molar-refractivity contribution is 6.30. The van der Waals surface area contributed by atoms with Gasteiger partial charge >= 0.3 is 0 Å². The number of fused-ring (bicyclic) bond motifs is 1. The summed E-state index contributed by atoms with van der Waals surface area (Å²) >= 11 is 6.00. The molecule has 0 aliphatic heterocycles. The summed E-state index contributed by atoms with van der Waals surface area (Å²) in [4.78, 5) is 2.22. The summed E-state index contributed by atoms with van der Waals surface area (Å²) in [6, 6.07) is 22.9. The zero-order valence-corrected chi connectivity index (χ0v) is 14.8. The van der Waals surface area contributed by atoms with Crippen molar-refractivity contribution in [3.8, 4) is 5.75 Å². The molecule has 3 rings (SSSR count). The summed E-state index contributed by atoms with van der Waals surface area (Å²) in [6.45, 7) is 0.666. The Morgan fingerprint density at radius 3 is 2.38 bits per heavy atom. The molecule has 0 bridgehead atoms. The summed E-state index contributed by atoms with van der Waals surface area (Å²) < 4.78 is 6.09. The van der Waals surface area contributed by atoms with Crippen LogP contribution in [0, 0.1) is 0 Å². The quantitative estimate of drug-likeness (QED) is 0.582. The van der Waals surface area contributed by atoms with E-state index in [1.54, 1.807) is 0 Å². The Morgan fingerprint density at radius 1 is 0.917 bits per heavy atom. The van der Waals surface area contributed by atoms with E-state index in [1.807, 2.05) is 30.3 Å². The van der Waals surface area contributed by atoms with Gasteiger partial charge in [-0.25, -0.2) is 0 Å². The molecule has 0 aliphatic carbocycles. The second kappa shape index (κ2) is 7.69. The van der Waals surface area contributed by atoms with Crippen molar-refractivity contribution < 1.29 is 4.74 Å². The zero-order valence-electron chi connectivity index (χ0n) is 14.1. The van der Waals surface area contributed by atoms with Crippen molar-refractivity contribution in [1.82, 2.24) is 4.90 Å². The molecule has 0 aliphatic rings. The van der Waals surface area contributed by atoms with E-state index in [9.17, 15) is 0 Å². The Labute approximate surface area is 148 Å². The van der Waals surface area contributed by atoms with Crippen LogP contribution in [0.4, 0.5) is 0 Å². The van der Waals surface area contributed by atoms with Gasteiger partial charge in [0.05, 0.1) is 6.61 Å². The molecule has 3 aromatic carbocycles. The minimum atomic E-state index is 0.303. The first kappa shape index (κ1) is 16.8. The van der Waals surface area contributed by atoms with Crippen molar-refractivity contribution in [2.75, 3.05) is 20.7 Å². The van der Waals surface area contributed by atoms with E-state index in [0.29, 0.717) is 12.6 Å². The first-order valence-electron chi connectivity index (χ1n) is 8.17. The maximum absolute atomic E-state index is 6.09. The van der Waals surface area contributed by atoms with Gasteiger partial charge in [-0.1, -0.05) is 60.1 Å². The van der Waals surface area contributed by atoms with Gasteiger partial charge in [-0.15, -0.1) is 0 Å². The second-order valence-electron chi connectivity index (χ2n) is 6.15. The number of rotatable bonds is 6. The van der Waals surface area contributed by atoms with Crippen molar-refractivity contribution >= 4 is 22.4 Å². The molecular weight excluding hydrogens is 318 g/mol. The smallest absolute Gasteiger partial charge is 0.127 e. The van der Waals surface area contributed by atoms with Crippen molar-refractivity contribution in [3.63, 3.8) is 0 Å². The molecule has 0 aromatic heterocycles. The lowest BCUT2D eigenvalue weighted by atomic mass is 10.0. The number of halogens is 1. The number of hydrogen-bond donors (Lipinski definition) is 0. The maximum atomic E-state index is 6.09. The zero-order chi connectivity index (χ0) is 16.9. The maximum Gasteiger partial charge on any atom is 0.127 e. The van der Waals surface area contributed by atoms with Crippen molar-refractivity contribution in [2.24, 2.45) is 0 Å². The van der Waals surface area contributed by atoms with Crippen LogP contribution in [0.1, 0.15) is 18.0 Å². The molecule has 24 heavy (non-hydrogen) atoms. The molecule has 2 nitrogen and oxygen atoms in total. The summed E-state index contributed by atoms with van der Waals surface area (Å²) in [6.07, 6.45) is 0.915. The van der Waals surface area contributed by atoms with E-state index in [0.717, 1.165) is 22.6 Å². The van der Waals surface area contributed by atoms with E-state index in [-0.39, 0.29) is 0 Å². The van der Waals surface area contributed by atoms with Crippen LogP contribution in [0.25, 0.3) is 10.8 Å². The van der Waals surface area contributed by atoms with Crippen molar-refractivity contribution in [1.29, 1.82) is 0 Å². The highest BCUT2D eigenvalue weighted by Crippen LogP contribution is 2.27. The predicted molar refractivity (Wildman–Crippen MR) is 102 cm³/mol. The summed E-state index contributed by atoms with van der Waals surface area (Å²) in [5.74, 6) is 0.946. The number of hydrogen-bond acceptors (Lipinski definition) is 2. The van der Waals surface area contributed by atoms with E-state index >= 15 is 0 Å². The third-order valence-corrected chi connectivity index (χ3v) is 4.53. The molecule has 0 saturated heterocycles. The van der Waals surface area contributed by atoms with Gasteiger partial charge in [0.15, 0.2) is 0 Å². The number of benzene rings is 3. The average Bonchev–Trinajstić information content (AvgIpc) is 2.59. The lowest BCUT2D eigenvalue weighted by Gasteiger charge is -2.25. The van der Waals surface area contributed by atoms with Crippen LogP contribution in [0.3, 0.4) is 0 Å². The first-order valence-corrected chi connectivity index (χ1v) is 8.55. The van der Waals surface area contributed by atoms with Gasteiger partial charge in [0.2, 0.25) is 0 Å². The molecule has 0 amide bonds. The van der Waals surface area contributed by atoms with Crippen LogP contribution in [0.2, 0.25) is 5.02 Å². The van der Waals surface area contributed by atoms with Gasteiger partial charge in [0.1, 0.15) is 5.75 Å². The third-order valence-electron chi connectivity index (χ3n) is 4.28. The fourth-order valence-corrected chi connectivity index (χ4v) is 3.14. The van der Waals surface area contributed by atoms with Gasteiger partial charge < -0.3 is 9.64 Å². The Kier molecular flexibility index (Phi) is 5.39. The Bertz CT molecular complexity index is 793. The monoisotopic (exact) mass is 339 g/mol. The van der Waals surface area contributed by atoms with Crippen LogP contribution < -0.4 is 4.74 Å². The summed E-state index contributed by atoms with van der Waals surface area (Å²) in [5.41, 5.74) is 1.26. The van der Waals surface area contributed by atoms with Gasteiger partial charge in [-0.3, -0.25) is 0 Å². The fraction of sp³-hybridized carbons (Fsp3) is 0.238. The molecule has 1 unspecified atom stereocenters. The molecule has 0 radical (unpaired) electrons. The van der Waals surface area contributed by atoms with Gasteiger partial charge in [0, 0.05) is 22.9 Å². The lowest BCUT2D eigenvalue weighted by molar-refractivity contribution is 0.225. The fourth-order valence-electron chi connectivity index (χ4n) is 3.01. The molecule has 0 N–H and O–H groups in total. The summed E-state index contributed by atoms with van der Waals surface area (Å²) in [7, 11) is 4.19. The Morgan fingerprint density at radius 2 is 1.62 bits per heavy atom. The highest BCUT2D eigenvalue weighted by Gasteiger charge is 2.14. The third kappa shape index (κ3) is 3.89. The van der Waals surface area contributed by atoms with Gasteiger partial charge in [0.25, 0.3) is 0 Å². The molecule has 0 spiro atoms. The van der Waals surface area contributed by atoms with Gasteiger partial charge in [-0.2, -0.15) is 0 Å². The number of nitrogens with zero attached hydrogens (tertiary/aromatic N) is 1. The Balaban J connectivity index is 1.70. The molecule has 124 valence electrons. The number of ether oxygens (including phenoxy) is 1. The SMILES string of the molecule is CN(C)C(CCOc1cccc2ccccc12)c1ccc(Cl)cc1. The molecule has 0 fully saturated rings. The molecule has 0 saturated carbocycles. The van der Waals surface area contributed by atoms with Gasteiger partial charge in [-0.05, 0) is 43.2 Å². The average molecular weight is 340 g/mol. The highest BCUT2D eigenvalue weighted by atomic mass is 35.5. The summed E-state index contributed by atoms with van der Waals surface area (Å²) in [5, 5.41) is 3.13. The largest absolute Gasteiger partial charge is 0.493 e. The standard InChI is InChI=1S/C21H22ClNO/c1-23(2)20(17-10-12-18(22)13-11-17)14-15-24-21-9-5-7-16-6-3-4-8-19(16)21/h3-13,20H,14-15H2,1-2H3. The van der Waals surface area contributed by atoms with Crippen LogP contribution in [0.5, 0.6) is 5.75 Å². The van der Waals surface area contributed by atoms with Crippen LogP contribution in [-0.2, 0) is 0 Å². The second-order valence-corrected chi connectivity index (χ2v) is 6.58. The first-order chi connectivity index (χ1) is 11.6. The van der Waals surface area contributed by atoms with E-state index in [2.05, 4.69) is 55.4 Å². The predicted octanol–water partition coefficient (Wildman–Crippen LogP) is 5.57. The minimum Gasteiger partial charge on any atom is -0.493 e.